The van der Waals surface area contributed by atoms with Crippen molar-refractivity contribution in [1.82, 2.24) is 9.97 Å². The maximum atomic E-state index is 11.3. The predicted molar refractivity (Wildman–Crippen MR) is 86.1 cm³/mol. The molecule has 0 saturated carbocycles. The zero-order valence-electron chi connectivity index (χ0n) is 12.5. The van der Waals surface area contributed by atoms with E-state index in [-0.39, 0.29) is 0 Å². The number of carbonyl (C=O) groups is 1. The average Bonchev–Trinajstić information content (AvgIpc) is 2.47. The predicted octanol–water partition coefficient (Wildman–Crippen LogP) is 1.94. The molecule has 0 amide bonds. The highest BCUT2D eigenvalue weighted by molar-refractivity contribution is 7.99. The number of rotatable bonds is 6. The Morgan fingerprint density at radius 3 is 2.76 bits per heavy atom. The summed E-state index contributed by atoms with van der Waals surface area (Å²) in [6.45, 7) is 5.95. The lowest BCUT2D eigenvalue weighted by atomic mass is 10.0. The van der Waals surface area contributed by atoms with E-state index >= 15 is 0 Å². The number of aliphatic carboxylic acids is 1. The second-order valence-electron chi connectivity index (χ2n) is 5.53. The summed E-state index contributed by atoms with van der Waals surface area (Å²) in [6.07, 6.45) is 2.06. The molecule has 0 unspecified atom stereocenters. The van der Waals surface area contributed by atoms with Crippen molar-refractivity contribution in [2.24, 2.45) is 5.92 Å². The SMILES string of the molecule is CC(C)C[C@@H](Nc1cc(N2CCSCC2)ncn1)C(=O)O. The number of carboxylic acid groups (broad SMARTS) is 1. The molecule has 1 aliphatic heterocycles. The average molecular weight is 310 g/mol. The van der Waals surface area contributed by atoms with Gasteiger partial charge in [-0.05, 0) is 12.3 Å². The van der Waals surface area contributed by atoms with Crippen molar-refractivity contribution in [3.63, 3.8) is 0 Å². The molecule has 21 heavy (non-hydrogen) atoms. The summed E-state index contributed by atoms with van der Waals surface area (Å²) in [5.41, 5.74) is 0. The van der Waals surface area contributed by atoms with E-state index in [4.69, 9.17) is 0 Å². The van der Waals surface area contributed by atoms with Crippen LogP contribution in [0.5, 0.6) is 0 Å². The fraction of sp³-hybridized carbons (Fsp3) is 0.643. The van der Waals surface area contributed by atoms with Crippen LogP contribution in [0, 0.1) is 5.92 Å². The van der Waals surface area contributed by atoms with E-state index in [1.165, 1.54) is 6.33 Å². The number of thioether (sulfide) groups is 1. The normalized spacial score (nSPS) is 16.8. The monoisotopic (exact) mass is 310 g/mol. The molecule has 1 aliphatic rings. The lowest BCUT2D eigenvalue weighted by molar-refractivity contribution is -0.138. The fourth-order valence-corrected chi connectivity index (χ4v) is 3.17. The van der Waals surface area contributed by atoms with Gasteiger partial charge in [-0.2, -0.15) is 11.8 Å². The summed E-state index contributed by atoms with van der Waals surface area (Å²) < 4.78 is 0. The zero-order valence-corrected chi connectivity index (χ0v) is 13.3. The van der Waals surface area contributed by atoms with Crippen LogP contribution in [-0.2, 0) is 4.79 Å². The van der Waals surface area contributed by atoms with Gasteiger partial charge in [-0.15, -0.1) is 0 Å². The first kappa shape index (κ1) is 15.9. The molecule has 0 spiro atoms. The Bertz CT molecular complexity index is 478. The third-order valence-corrected chi connectivity index (χ3v) is 4.26. The van der Waals surface area contributed by atoms with Gasteiger partial charge in [0.05, 0.1) is 0 Å². The summed E-state index contributed by atoms with van der Waals surface area (Å²) in [4.78, 5) is 22.0. The van der Waals surface area contributed by atoms with E-state index < -0.39 is 12.0 Å². The van der Waals surface area contributed by atoms with E-state index in [9.17, 15) is 9.90 Å². The minimum absolute atomic E-state index is 0.305. The number of hydrogen-bond donors (Lipinski definition) is 2. The number of nitrogens with zero attached hydrogens (tertiary/aromatic N) is 3. The Morgan fingerprint density at radius 2 is 2.14 bits per heavy atom. The van der Waals surface area contributed by atoms with Crippen molar-refractivity contribution < 1.29 is 9.90 Å². The summed E-state index contributed by atoms with van der Waals surface area (Å²) >= 11 is 1.94. The second-order valence-corrected chi connectivity index (χ2v) is 6.75. The molecule has 2 heterocycles. The molecule has 2 rings (SSSR count). The molecule has 0 aromatic carbocycles. The van der Waals surface area contributed by atoms with Crippen molar-refractivity contribution in [2.45, 2.75) is 26.3 Å². The summed E-state index contributed by atoms with van der Waals surface area (Å²) in [5.74, 6) is 3.08. The van der Waals surface area contributed by atoms with Crippen molar-refractivity contribution in [3.05, 3.63) is 12.4 Å². The number of nitrogens with one attached hydrogen (secondary N) is 1. The first-order valence-electron chi connectivity index (χ1n) is 7.20. The first-order valence-corrected chi connectivity index (χ1v) is 8.36. The number of hydrogen-bond acceptors (Lipinski definition) is 6. The van der Waals surface area contributed by atoms with Gasteiger partial charge in [0.15, 0.2) is 0 Å². The molecular weight excluding hydrogens is 288 g/mol. The van der Waals surface area contributed by atoms with Crippen LogP contribution in [-0.4, -0.2) is 51.7 Å². The summed E-state index contributed by atoms with van der Waals surface area (Å²) in [5, 5.41) is 12.3. The van der Waals surface area contributed by atoms with Gasteiger partial charge < -0.3 is 15.3 Å². The number of anilines is 2. The highest BCUT2D eigenvalue weighted by Gasteiger charge is 2.20. The molecule has 0 radical (unpaired) electrons. The van der Waals surface area contributed by atoms with E-state index in [1.807, 2.05) is 31.7 Å². The highest BCUT2D eigenvalue weighted by Crippen LogP contribution is 2.20. The number of aromatic nitrogens is 2. The molecule has 1 atom stereocenters. The first-order chi connectivity index (χ1) is 10.1. The molecule has 7 heteroatoms. The van der Waals surface area contributed by atoms with Crippen LogP contribution in [0.3, 0.4) is 0 Å². The quantitative estimate of drug-likeness (QED) is 0.831. The molecule has 1 aromatic heterocycles. The van der Waals surface area contributed by atoms with Gasteiger partial charge in [0.2, 0.25) is 0 Å². The standard InChI is InChI=1S/C14H22N4O2S/c1-10(2)7-11(14(19)20)17-12-8-13(16-9-15-12)18-3-5-21-6-4-18/h8-11H,3-7H2,1-2H3,(H,19,20)(H,15,16,17)/t11-/m1/s1. The Morgan fingerprint density at radius 1 is 1.43 bits per heavy atom. The third kappa shape index (κ3) is 4.77. The van der Waals surface area contributed by atoms with E-state index in [0.717, 1.165) is 30.4 Å². The van der Waals surface area contributed by atoms with Crippen molar-refractivity contribution in [3.8, 4) is 0 Å². The van der Waals surface area contributed by atoms with Gasteiger partial charge in [-0.3, -0.25) is 0 Å². The van der Waals surface area contributed by atoms with Gasteiger partial charge in [-0.25, -0.2) is 14.8 Å². The zero-order chi connectivity index (χ0) is 15.2. The van der Waals surface area contributed by atoms with Crippen LogP contribution in [0.2, 0.25) is 0 Å². The van der Waals surface area contributed by atoms with Crippen LogP contribution in [0.4, 0.5) is 11.6 Å². The minimum atomic E-state index is -0.849. The summed E-state index contributed by atoms with van der Waals surface area (Å²) in [6, 6.07) is 1.22. The van der Waals surface area contributed by atoms with Crippen LogP contribution in [0.1, 0.15) is 20.3 Å². The molecular formula is C14H22N4O2S. The third-order valence-electron chi connectivity index (χ3n) is 3.32. The molecule has 2 N–H and O–H groups in total. The van der Waals surface area contributed by atoms with Crippen molar-refractivity contribution in [1.29, 1.82) is 0 Å². The van der Waals surface area contributed by atoms with E-state index in [1.54, 1.807) is 0 Å². The molecule has 1 aromatic rings. The smallest absolute Gasteiger partial charge is 0.326 e. The Balaban J connectivity index is 2.07. The van der Waals surface area contributed by atoms with Crippen LogP contribution in [0.25, 0.3) is 0 Å². The molecule has 6 nitrogen and oxygen atoms in total. The highest BCUT2D eigenvalue weighted by atomic mass is 32.2. The Labute approximate surface area is 129 Å². The Hall–Kier alpha value is -1.50. The molecule has 1 fully saturated rings. The topological polar surface area (TPSA) is 78.3 Å². The summed E-state index contributed by atoms with van der Waals surface area (Å²) in [7, 11) is 0. The van der Waals surface area contributed by atoms with Crippen LogP contribution >= 0.6 is 11.8 Å². The van der Waals surface area contributed by atoms with Crippen LogP contribution in [0.15, 0.2) is 12.4 Å². The van der Waals surface area contributed by atoms with Crippen LogP contribution < -0.4 is 10.2 Å². The molecule has 0 bridgehead atoms. The lowest BCUT2D eigenvalue weighted by Gasteiger charge is -2.27. The molecule has 116 valence electrons. The van der Waals surface area contributed by atoms with E-state index in [0.29, 0.717) is 18.2 Å². The number of carboxylic acids is 1. The van der Waals surface area contributed by atoms with Gasteiger partial charge in [-0.1, -0.05) is 13.8 Å². The van der Waals surface area contributed by atoms with Gasteiger partial charge in [0.1, 0.15) is 24.0 Å². The molecule has 0 aliphatic carbocycles. The van der Waals surface area contributed by atoms with Crippen molar-refractivity contribution >= 4 is 29.4 Å². The minimum Gasteiger partial charge on any atom is -0.480 e. The maximum absolute atomic E-state index is 11.3. The maximum Gasteiger partial charge on any atom is 0.326 e. The van der Waals surface area contributed by atoms with Gasteiger partial charge >= 0.3 is 5.97 Å². The second kappa shape index (κ2) is 7.49. The lowest BCUT2D eigenvalue weighted by Crippen LogP contribution is -2.34. The van der Waals surface area contributed by atoms with Gasteiger partial charge in [0, 0.05) is 30.7 Å². The Kier molecular flexibility index (Phi) is 5.67. The molecule has 1 saturated heterocycles. The van der Waals surface area contributed by atoms with E-state index in [2.05, 4.69) is 20.2 Å². The van der Waals surface area contributed by atoms with Gasteiger partial charge in [0.25, 0.3) is 0 Å². The fourth-order valence-electron chi connectivity index (χ4n) is 2.26. The largest absolute Gasteiger partial charge is 0.480 e. The van der Waals surface area contributed by atoms with Crippen molar-refractivity contribution in [2.75, 3.05) is 34.8 Å².